The van der Waals surface area contributed by atoms with E-state index in [1.165, 1.54) is 23.6 Å². The molecule has 0 bridgehead atoms. The Bertz CT molecular complexity index is 743. The van der Waals surface area contributed by atoms with Gasteiger partial charge in [0.05, 0.1) is 0 Å². The first-order valence-electron chi connectivity index (χ1n) is 7.29. The highest BCUT2D eigenvalue weighted by Gasteiger charge is 2.51. The molecule has 2 atom stereocenters. The number of ether oxygens (including phenoxy) is 1. The Kier molecular flexibility index (Phi) is 4.33. The normalized spacial score (nSPS) is 22.8. The molecule has 1 amide bonds. The van der Waals surface area contributed by atoms with Gasteiger partial charge in [0.1, 0.15) is 29.5 Å². The lowest BCUT2D eigenvalue weighted by Crippen LogP contribution is -2.68. The molecule has 0 aromatic heterocycles. The van der Waals surface area contributed by atoms with Crippen LogP contribution in [0.5, 0.6) is 5.75 Å². The molecule has 0 radical (unpaired) electrons. The Hall–Kier alpha value is -2.32. The molecule has 7 nitrogen and oxygen atoms in total. The van der Waals surface area contributed by atoms with Crippen molar-refractivity contribution in [3.05, 3.63) is 41.1 Å². The summed E-state index contributed by atoms with van der Waals surface area (Å²) < 4.78 is 5.62. The van der Waals surface area contributed by atoms with E-state index in [1.54, 1.807) is 24.3 Å². The predicted molar refractivity (Wildman–Crippen MR) is 87.7 cm³/mol. The second-order valence-electron chi connectivity index (χ2n) is 5.56. The van der Waals surface area contributed by atoms with Gasteiger partial charge < -0.3 is 15.6 Å². The number of Topliss-reactive ketones (excluding diaryl/α,β-unsaturated/α-hetero) is 1. The van der Waals surface area contributed by atoms with Gasteiger partial charge in [0.25, 0.3) is 0 Å². The molecule has 3 rings (SSSR count). The highest BCUT2D eigenvalue weighted by molar-refractivity contribution is 8.00. The second kappa shape index (κ2) is 6.29. The highest BCUT2D eigenvalue weighted by atomic mass is 32.2. The summed E-state index contributed by atoms with van der Waals surface area (Å²) in [6.45, 7) is 1.53. The van der Waals surface area contributed by atoms with E-state index in [0.717, 1.165) is 0 Å². The third-order valence-electron chi connectivity index (χ3n) is 3.96. The molecule has 2 aliphatic heterocycles. The number of benzene rings is 1. The average Bonchev–Trinajstić information content (AvgIpc) is 2.58. The summed E-state index contributed by atoms with van der Waals surface area (Å²) in [5.41, 5.74) is 6.77. The van der Waals surface area contributed by atoms with E-state index in [4.69, 9.17) is 10.5 Å². The lowest BCUT2D eigenvalue weighted by Gasteiger charge is -2.47. The molecular weight excluding hydrogens is 332 g/mol. The SMILES string of the molecule is CC(=O)c1ccc(OCC2=C(C(=O)O)N3C(=O)C(N)[C@H]3SC2)cc1. The van der Waals surface area contributed by atoms with Gasteiger partial charge in [0.15, 0.2) is 5.78 Å². The first-order chi connectivity index (χ1) is 11.4. The van der Waals surface area contributed by atoms with Gasteiger partial charge >= 0.3 is 5.97 Å². The first-order valence-corrected chi connectivity index (χ1v) is 8.34. The van der Waals surface area contributed by atoms with Gasteiger partial charge in [-0.2, -0.15) is 0 Å². The van der Waals surface area contributed by atoms with Crippen molar-refractivity contribution in [3.8, 4) is 5.75 Å². The number of amides is 1. The lowest BCUT2D eigenvalue weighted by molar-refractivity contribution is -0.148. The van der Waals surface area contributed by atoms with E-state index in [-0.39, 0.29) is 29.4 Å². The Morgan fingerprint density at radius 2 is 2.04 bits per heavy atom. The van der Waals surface area contributed by atoms with Crippen molar-refractivity contribution in [2.75, 3.05) is 12.4 Å². The topological polar surface area (TPSA) is 110 Å². The van der Waals surface area contributed by atoms with Gasteiger partial charge in [-0.05, 0) is 31.2 Å². The Labute approximate surface area is 142 Å². The van der Waals surface area contributed by atoms with Gasteiger partial charge in [-0.15, -0.1) is 11.8 Å². The number of nitrogens with zero attached hydrogens (tertiary/aromatic N) is 1. The quantitative estimate of drug-likeness (QED) is 0.599. The summed E-state index contributed by atoms with van der Waals surface area (Å²) in [6.07, 6.45) is 0. The number of ketones is 1. The molecule has 0 aliphatic carbocycles. The van der Waals surface area contributed by atoms with Gasteiger partial charge in [-0.25, -0.2) is 4.79 Å². The number of carboxylic acid groups (broad SMARTS) is 1. The molecule has 3 N–H and O–H groups in total. The lowest BCUT2D eigenvalue weighted by atomic mass is 10.0. The van der Waals surface area contributed by atoms with Crippen molar-refractivity contribution in [3.63, 3.8) is 0 Å². The van der Waals surface area contributed by atoms with Crippen LogP contribution in [0.3, 0.4) is 0 Å². The van der Waals surface area contributed by atoms with Crippen molar-refractivity contribution in [1.82, 2.24) is 4.90 Å². The van der Waals surface area contributed by atoms with Crippen molar-refractivity contribution in [1.29, 1.82) is 0 Å². The number of hydrogen-bond acceptors (Lipinski definition) is 6. The van der Waals surface area contributed by atoms with Gasteiger partial charge in [-0.1, -0.05) is 0 Å². The monoisotopic (exact) mass is 348 g/mol. The van der Waals surface area contributed by atoms with E-state index >= 15 is 0 Å². The largest absolute Gasteiger partial charge is 0.489 e. The molecule has 2 heterocycles. The molecule has 126 valence electrons. The minimum atomic E-state index is -1.16. The molecule has 2 aliphatic rings. The van der Waals surface area contributed by atoms with Gasteiger partial charge in [-0.3, -0.25) is 14.5 Å². The molecule has 8 heteroatoms. The number of carboxylic acids is 1. The zero-order chi connectivity index (χ0) is 17.4. The zero-order valence-corrected chi connectivity index (χ0v) is 13.7. The summed E-state index contributed by atoms with van der Waals surface area (Å²) in [6, 6.07) is 5.95. The minimum Gasteiger partial charge on any atom is -0.489 e. The summed E-state index contributed by atoms with van der Waals surface area (Å²) in [5.74, 6) is -0.621. The summed E-state index contributed by atoms with van der Waals surface area (Å²) in [4.78, 5) is 35.9. The third kappa shape index (κ3) is 2.78. The van der Waals surface area contributed by atoms with Crippen molar-refractivity contribution >= 4 is 29.4 Å². The van der Waals surface area contributed by atoms with Crippen molar-refractivity contribution in [2.45, 2.75) is 18.3 Å². The maximum absolute atomic E-state index is 11.8. The van der Waals surface area contributed by atoms with Crippen LogP contribution < -0.4 is 10.5 Å². The van der Waals surface area contributed by atoms with Crippen LogP contribution in [0, 0.1) is 0 Å². The molecule has 1 aromatic rings. The molecule has 1 unspecified atom stereocenters. The van der Waals surface area contributed by atoms with E-state index in [2.05, 4.69) is 0 Å². The number of carbonyl (C=O) groups excluding carboxylic acids is 2. The molecule has 0 saturated carbocycles. The maximum atomic E-state index is 11.8. The fraction of sp³-hybridized carbons (Fsp3) is 0.312. The van der Waals surface area contributed by atoms with Crippen LogP contribution in [0.15, 0.2) is 35.5 Å². The smallest absolute Gasteiger partial charge is 0.352 e. The number of carbonyl (C=O) groups is 3. The van der Waals surface area contributed by atoms with E-state index < -0.39 is 12.0 Å². The zero-order valence-electron chi connectivity index (χ0n) is 12.9. The van der Waals surface area contributed by atoms with Crippen molar-refractivity contribution < 1.29 is 24.2 Å². The van der Waals surface area contributed by atoms with Crippen LogP contribution >= 0.6 is 11.8 Å². The Morgan fingerprint density at radius 1 is 1.38 bits per heavy atom. The number of rotatable bonds is 5. The number of hydrogen-bond donors (Lipinski definition) is 2. The average molecular weight is 348 g/mol. The van der Waals surface area contributed by atoms with E-state index in [0.29, 0.717) is 22.6 Å². The number of β-lactam (4-membered cyclic amide) rings is 1. The van der Waals surface area contributed by atoms with E-state index in [9.17, 15) is 19.5 Å². The standard InChI is InChI=1S/C16H16N2O5S/c1-8(19)9-2-4-11(5-3-9)23-6-10-7-24-15-12(17)14(20)18(15)13(10)16(21)22/h2-5,12,15H,6-7,17H2,1H3,(H,21,22)/t12?,15-/m1/s1. The predicted octanol–water partition coefficient (Wildman–Crippen LogP) is 0.849. The highest BCUT2D eigenvalue weighted by Crippen LogP contribution is 2.39. The van der Waals surface area contributed by atoms with Crippen LogP contribution in [0.1, 0.15) is 17.3 Å². The fourth-order valence-electron chi connectivity index (χ4n) is 2.65. The van der Waals surface area contributed by atoms with Crippen LogP contribution in [-0.2, 0) is 9.59 Å². The summed E-state index contributed by atoms with van der Waals surface area (Å²) in [5, 5.41) is 9.12. The maximum Gasteiger partial charge on any atom is 0.352 e. The molecule has 24 heavy (non-hydrogen) atoms. The van der Waals surface area contributed by atoms with Crippen molar-refractivity contribution in [2.24, 2.45) is 5.73 Å². The fourth-order valence-corrected chi connectivity index (χ4v) is 3.92. The van der Waals surface area contributed by atoms with Crippen LogP contribution in [-0.4, -0.2) is 51.4 Å². The number of fused-ring (bicyclic) bond motifs is 1. The molecule has 1 aromatic carbocycles. The van der Waals surface area contributed by atoms with Crippen LogP contribution in [0.2, 0.25) is 0 Å². The molecular formula is C16H16N2O5S. The molecule has 1 saturated heterocycles. The molecule has 1 fully saturated rings. The third-order valence-corrected chi connectivity index (χ3v) is 5.33. The summed E-state index contributed by atoms with van der Waals surface area (Å²) >= 11 is 1.43. The number of aliphatic carboxylic acids is 1. The number of nitrogens with two attached hydrogens (primary N) is 1. The van der Waals surface area contributed by atoms with E-state index in [1.807, 2.05) is 0 Å². The van der Waals surface area contributed by atoms with Gasteiger partial charge in [0, 0.05) is 16.9 Å². The Morgan fingerprint density at radius 3 is 2.62 bits per heavy atom. The van der Waals surface area contributed by atoms with Gasteiger partial charge in [0.2, 0.25) is 5.91 Å². The molecule has 0 spiro atoms. The number of thioether (sulfide) groups is 1. The van der Waals surface area contributed by atoms with Crippen LogP contribution in [0.25, 0.3) is 0 Å². The first kappa shape index (κ1) is 16.5. The minimum absolute atomic E-state index is 0.0363. The summed E-state index contributed by atoms with van der Waals surface area (Å²) in [7, 11) is 0. The second-order valence-corrected chi connectivity index (χ2v) is 6.67. The Balaban J connectivity index is 1.76. The van der Waals surface area contributed by atoms with Crippen LogP contribution in [0.4, 0.5) is 0 Å².